The van der Waals surface area contributed by atoms with Gasteiger partial charge in [-0.2, -0.15) is 0 Å². The van der Waals surface area contributed by atoms with Gasteiger partial charge in [0.25, 0.3) is 5.91 Å². The number of rotatable bonds is 1. The van der Waals surface area contributed by atoms with Crippen LogP contribution in [0.3, 0.4) is 0 Å². The normalized spacial score (nSPS) is 25.8. The van der Waals surface area contributed by atoms with E-state index in [0.717, 1.165) is 0 Å². The van der Waals surface area contributed by atoms with Crippen molar-refractivity contribution < 1.29 is 18.7 Å². The third kappa shape index (κ3) is 1.70. The molecule has 0 radical (unpaired) electrons. The van der Waals surface area contributed by atoms with Crippen molar-refractivity contribution in [2.75, 3.05) is 11.9 Å². The lowest BCUT2D eigenvalue weighted by Crippen LogP contribution is -2.42. The Balaban J connectivity index is 1.97. The molecule has 2 heterocycles. The van der Waals surface area contributed by atoms with Crippen LogP contribution in [0.25, 0.3) is 0 Å². The van der Waals surface area contributed by atoms with Gasteiger partial charge < -0.3 is 9.64 Å². The molecule has 2 aliphatic rings. The van der Waals surface area contributed by atoms with E-state index in [-0.39, 0.29) is 12.3 Å². The Morgan fingerprint density at radius 3 is 2.61 bits per heavy atom. The Morgan fingerprint density at radius 1 is 1.13 bits per heavy atom. The molecule has 0 aliphatic carbocycles. The Kier molecular flexibility index (Phi) is 2.82. The van der Waals surface area contributed by atoms with Crippen molar-refractivity contribution in [1.82, 2.24) is 0 Å². The molecule has 1 spiro atoms. The second-order valence-corrected chi connectivity index (χ2v) is 5.87. The van der Waals surface area contributed by atoms with E-state index in [1.807, 2.05) is 6.07 Å². The van der Waals surface area contributed by atoms with Gasteiger partial charge in [-0.1, -0.05) is 36.4 Å². The molecular formula is C18H14FNO3. The standard InChI is InChI=1S/C18H14FNO3/c1-20-15-9-5-3-7-12(15)18(17(20)22)13(10-16(21)23-18)11-6-2-4-8-14(11)19/h2-9,13H,10H2,1H3. The highest BCUT2D eigenvalue weighted by Crippen LogP contribution is 2.55. The van der Waals surface area contributed by atoms with Gasteiger partial charge in [0.05, 0.1) is 18.0 Å². The number of esters is 1. The number of likely N-dealkylation sites (N-methyl/N-ethyl adjacent to an activating group) is 1. The summed E-state index contributed by atoms with van der Waals surface area (Å²) in [5.41, 5.74) is 0.168. The third-order valence-corrected chi connectivity index (χ3v) is 4.70. The molecule has 1 amide bonds. The predicted molar refractivity (Wildman–Crippen MR) is 81.4 cm³/mol. The topological polar surface area (TPSA) is 46.6 Å². The lowest BCUT2D eigenvalue weighted by Gasteiger charge is -2.28. The number of benzene rings is 2. The zero-order chi connectivity index (χ0) is 16.2. The van der Waals surface area contributed by atoms with Crippen LogP contribution in [0.2, 0.25) is 0 Å². The van der Waals surface area contributed by atoms with Crippen molar-refractivity contribution in [3.8, 4) is 0 Å². The van der Waals surface area contributed by atoms with Gasteiger partial charge in [-0.15, -0.1) is 0 Å². The summed E-state index contributed by atoms with van der Waals surface area (Å²) in [4.78, 5) is 26.5. The lowest BCUT2D eigenvalue weighted by atomic mass is 9.78. The molecule has 4 rings (SSSR count). The second kappa shape index (κ2) is 4.65. The number of fused-ring (bicyclic) bond motifs is 2. The van der Waals surface area contributed by atoms with Gasteiger partial charge in [0.1, 0.15) is 5.82 Å². The molecule has 2 aromatic carbocycles. The Bertz CT molecular complexity index is 835. The van der Waals surface area contributed by atoms with Crippen LogP contribution in [0, 0.1) is 5.82 Å². The maximum absolute atomic E-state index is 14.3. The first-order valence-electron chi connectivity index (χ1n) is 7.39. The highest BCUT2D eigenvalue weighted by molar-refractivity contribution is 6.09. The number of hydrogen-bond acceptors (Lipinski definition) is 3. The number of ether oxygens (including phenoxy) is 1. The van der Waals surface area contributed by atoms with Crippen molar-refractivity contribution in [3.05, 3.63) is 65.5 Å². The van der Waals surface area contributed by atoms with E-state index in [1.165, 1.54) is 11.0 Å². The Labute approximate surface area is 132 Å². The van der Waals surface area contributed by atoms with Crippen molar-refractivity contribution in [1.29, 1.82) is 0 Å². The van der Waals surface area contributed by atoms with Crippen molar-refractivity contribution >= 4 is 17.6 Å². The van der Waals surface area contributed by atoms with Crippen LogP contribution in [0.1, 0.15) is 23.5 Å². The molecule has 2 aliphatic heterocycles. The fraction of sp³-hybridized carbons (Fsp3) is 0.222. The van der Waals surface area contributed by atoms with E-state index in [4.69, 9.17) is 4.74 Å². The number of carbonyl (C=O) groups excluding carboxylic acids is 2. The molecule has 0 saturated carbocycles. The molecular weight excluding hydrogens is 297 g/mol. The van der Waals surface area contributed by atoms with Crippen LogP contribution in [-0.4, -0.2) is 18.9 Å². The molecule has 2 aromatic rings. The summed E-state index contributed by atoms with van der Waals surface area (Å²) in [6.07, 6.45) is -0.0190. The van der Waals surface area contributed by atoms with Crippen molar-refractivity contribution in [2.24, 2.45) is 0 Å². The van der Waals surface area contributed by atoms with Crippen LogP contribution in [0.4, 0.5) is 10.1 Å². The van der Waals surface area contributed by atoms with Crippen LogP contribution in [-0.2, 0) is 19.9 Å². The van der Waals surface area contributed by atoms with E-state index < -0.39 is 23.3 Å². The maximum atomic E-state index is 14.3. The summed E-state index contributed by atoms with van der Waals surface area (Å²) < 4.78 is 19.9. The van der Waals surface area contributed by atoms with Crippen molar-refractivity contribution in [2.45, 2.75) is 17.9 Å². The molecule has 4 nitrogen and oxygen atoms in total. The maximum Gasteiger partial charge on any atom is 0.308 e. The first kappa shape index (κ1) is 13.9. The van der Waals surface area contributed by atoms with Gasteiger partial charge in [0.2, 0.25) is 5.60 Å². The smallest absolute Gasteiger partial charge is 0.308 e. The van der Waals surface area contributed by atoms with Crippen LogP contribution < -0.4 is 4.90 Å². The minimum Gasteiger partial charge on any atom is -0.443 e. The average Bonchev–Trinajstić information content (AvgIpc) is 3.01. The number of anilines is 1. The number of amides is 1. The highest BCUT2D eigenvalue weighted by Gasteiger charge is 2.62. The Morgan fingerprint density at radius 2 is 1.83 bits per heavy atom. The molecule has 23 heavy (non-hydrogen) atoms. The van der Waals surface area contributed by atoms with E-state index in [9.17, 15) is 14.0 Å². The number of halogens is 1. The van der Waals surface area contributed by atoms with Crippen LogP contribution in [0.15, 0.2) is 48.5 Å². The predicted octanol–water partition coefficient (Wildman–Crippen LogP) is 2.73. The summed E-state index contributed by atoms with van der Waals surface area (Å²) in [7, 11) is 1.64. The van der Waals surface area contributed by atoms with Gasteiger partial charge in [-0.05, 0) is 17.7 Å². The molecule has 2 atom stereocenters. The van der Waals surface area contributed by atoms with Gasteiger partial charge in [-0.25, -0.2) is 4.39 Å². The summed E-state index contributed by atoms with van der Waals surface area (Å²) in [5, 5.41) is 0. The quantitative estimate of drug-likeness (QED) is 0.761. The minimum atomic E-state index is -1.47. The van der Waals surface area contributed by atoms with E-state index in [0.29, 0.717) is 16.8 Å². The SMILES string of the molecule is CN1C(=O)C2(OC(=O)CC2c2ccccc2F)c2ccccc21. The number of nitrogens with zero attached hydrogens (tertiary/aromatic N) is 1. The number of hydrogen-bond donors (Lipinski definition) is 0. The fourth-order valence-corrected chi connectivity index (χ4v) is 3.68. The molecule has 5 heteroatoms. The van der Waals surface area contributed by atoms with Crippen molar-refractivity contribution in [3.63, 3.8) is 0 Å². The van der Waals surface area contributed by atoms with E-state index in [2.05, 4.69) is 0 Å². The minimum absolute atomic E-state index is 0.0190. The highest BCUT2D eigenvalue weighted by atomic mass is 19.1. The molecule has 1 saturated heterocycles. The summed E-state index contributed by atoms with van der Waals surface area (Å²) in [6.45, 7) is 0. The second-order valence-electron chi connectivity index (χ2n) is 5.87. The van der Waals surface area contributed by atoms with Gasteiger partial charge in [-0.3, -0.25) is 9.59 Å². The fourth-order valence-electron chi connectivity index (χ4n) is 3.68. The zero-order valence-corrected chi connectivity index (χ0v) is 12.5. The van der Waals surface area contributed by atoms with E-state index in [1.54, 1.807) is 43.4 Å². The van der Waals surface area contributed by atoms with Gasteiger partial charge >= 0.3 is 5.97 Å². The number of para-hydroxylation sites is 1. The third-order valence-electron chi connectivity index (χ3n) is 4.70. The summed E-state index contributed by atoms with van der Waals surface area (Å²) in [5.74, 6) is -1.93. The summed E-state index contributed by atoms with van der Waals surface area (Å²) >= 11 is 0. The molecule has 0 aromatic heterocycles. The first-order chi connectivity index (χ1) is 11.1. The molecule has 2 unspecified atom stereocenters. The van der Waals surface area contributed by atoms with Crippen LogP contribution in [0.5, 0.6) is 0 Å². The summed E-state index contributed by atoms with van der Waals surface area (Å²) in [6, 6.07) is 13.4. The Hall–Kier alpha value is -2.69. The lowest BCUT2D eigenvalue weighted by molar-refractivity contribution is -0.157. The average molecular weight is 311 g/mol. The molecule has 0 bridgehead atoms. The number of carbonyl (C=O) groups is 2. The molecule has 116 valence electrons. The van der Waals surface area contributed by atoms with E-state index >= 15 is 0 Å². The zero-order valence-electron chi connectivity index (χ0n) is 12.5. The monoisotopic (exact) mass is 311 g/mol. The van der Waals surface area contributed by atoms with Gasteiger partial charge in [0.15, 0.2) is 0 Å². The molecule has 1 fully saturated rings. The van der Waals surface area contributed by atoms with Gasteiger partial charge in [0, 0.05) is 12.6 Å². The molecule has 0 N–H and O–H groups in total. The first-order valence-corrected chi connectivity index (χ1v) is 7.39. The largest absolute Gasteiger partial charge is 0.443 e. The van der Waals surface area contributed by atoms with Crippen LogP contribution >= 0.6 is 0 Å².